The van der Waals surface area contributed by atoms with Gasteiger partial charge in [0.05, 0.1) is 32.5 Å². The van der Waals surface area contributed by atoms with E-state index in [0.29, 0.717) is 6.04 Å². The standard InChI is InChI=1S/C10H20N2O2/c1-10(2)8-14-7-9(10)11-12-3-5-13-6-4-12/h9,11H,3-8H2,1-2H3. The largest absolute Gasteiger partial charge is 0.379 e. The number of hydrogen-bond donors (Lipinski definition) is 1. The molecule has 0 aromatic rings. The number of rotatable bonds is 2. The maximum absolute atomic E-state index is 5.49. The summed E-state index contributed by atoms with van der Waals surface area (Å²) in [6.45, 7) is 9.80. The molecule has 0 saturated carbocycles. The topological polar surface area (TPSA) is 33.7 Å². The molecule has 1 N–H and O–H groups in total. The molecule has 1 unspecified atom stereocenters. The van der Waals surface area contributed by atoms with E-state index in [1.807, 2.05) is 0 Å². The Balaban J connectivity index is 1.83. The molecule has 4 heteroatoms. The predicted molar refractivity (Wildman–Crippen MR) is 53.9 cm³/mol. The van der Waals surface area contributed by atoms with Crippen molar-refractivity contribution < 1.29 is 9.47 Å². The second kappa shape index (κ2) is 4.14. The average Bonchev–Trinajstić information content (AvgIpc) is 2.48. The SMILES string of the molecule is CC1(C)COCC1NN1CCOCC1. The van der Waals surface area contributed by atoms with Crippen molar-refractivity contribution in [3.05, 3.63) is 0 Å². The molecule has 0 bridgehead atoms. The molecule has 0 aromatic heterocycles. The number of nitrogens with zero attached hydrogens (tertiary/aromatic N) is 1. The van der Waals surface area contributed by atoms with Gasteiger partial charge in [0, 0.05) is 18.5 Å². The molecule has 0 aromatic carbocycles. The molecule has 2 rings (SSSR count). The molecule has 2 saturated heterocycles. The van der Waals surface area contributed by atoms with Crippen LogP contribution in [0.15, 0.2) is 0 Å². The Kier molecular flexibility index (Phi) is 3.07. The average molecular weight is 200 g/mol. The van der Waals surface area contributed by atoms with Crippen LogP contribution >= 0.6 is 0 Å². The molecule has 0 radical (unpaired) electrons. The van der Waals surface area contributed by atoms with Crippen LogP contribution in [-0.2, 0) is 9.47 Å². The minimum absolute atomic E-state index is 0.248. The first-order valence-corrected chi connectivity index (χ1v) is 5.35. The Morgan fingerprint density at radius 2 is 1.93 bits per heavy atom. The lowest BCUT2D eigenvalue weighted by Gasteiger charge is -2.34. The summed E-state index contributed by atoms with van der Waals surface area (Å²) in [5, 5.41) is 2.25. The van der Waals surface area contributed by atoms with Crippen LogP contribution in [0.1, 0.15) is 13.8 Å². The van der Waals surface area contributed by atoms with Crippen molar-refractivity contribution in [2.75, 3.05) is 39.5 Å². The van der Waals surface area contributed by atoms with E-state index < -0.39 is 0 Å². The van der Waals surface area contributed by atoms with Crippen molar-refractivity contribution in [3.63, 3.8) is 0 Å². The summed E-state index contributed by atoms with van der Waals surface area (Å²) in [7, 11) is 0. The zero-order valence-corrected chi connectivity index (χ0v) is 9.08. The fourth-order valence-corrected chi connectivity index (χ4v) is 1.89. The smallest absolute Gasteiger partial charge is 0.0639 e. The van der Waals surface area contributed by atoms with E-state index in [1.54, 1.807) is 0 Å². The molecule has 14 heavy (non-hydrogen) atoms. The van der Waals surface area contributed by atoms with Gasteiger partial charge < -0.3 is 9.47 Å². The number of nitrogens with one attached hydrogen (secondary N) is 1. The lowest BCUT2D eigenvalue weighted by molar-refractivity contribution is -0.00388. The fourth-order valence-electron chi connectivity index (χ4n) is 1.89. The summed E-state index contributed by atoms with van der Waals surface area (Å²) in [4.78, 5) is 0. The van der Waals surface area contributed by atoms with Gasteiger partial charge in [0.15, 0.2) is 0 Å². The monoisotopic (exact) mass is 200 g/mol. The van der Waals surface area contributed by atoms with Gasteiger partial charge in [-0.05, 0) is 0 Å². The van der Waals surface area contributed by atoms with E-state index in [1.165, 1.54) is 0 Å². The highest BCUT2D eigenvalue weighted by atomic mass is 16.5. The van der Waals surface area contributed by atoms with Crippen LogP contribution in [0.2, 0.25) is 0 Å². The summed E-state index contributed by atoms with van der Waals surface area (Å²) < 4.78 is 10.8. The van der Waals surface area contributed by atoms with Crippen LogP contribution in [0, 0.1) is 5.41 Å². The van der Waals surface area contributed by atoms with Crippen LogP contribution in [0.4, 0.5) is 0 Å². The second-order valence-corrected chi connectivity index (χ2v) is 4.78. The van der Waals surface area contributed by atoms with Crippen molar-refractivity contribution in [3.8, 4) is 0 Å². The molecule has 2 fully saturated rings. The summed E-state index contributed by atoms with van der Waals surface area (Å²) in [5.41, 5.74) is 3.78. The maximum atomic E-state index is 5.49. The van der Waals surface area contributed by atoms with Crippen LogP contribution in [-0.4, -0.2) is 50.6 Å². The van der Waals surface area contributed by atoms with Gasteiger partial charge in [-0.2, -0.15) is 0 Å². The molecule has 0 spiro atoms. The van der Waals surface area contributed by atoms with E-state index in [-0.39, 0.29) is 5.41 Å². The Bertz CT molecular complexity index is 191. The van der Waals surface area contributed by atoms with Gasteiger partial charge >= 0.3 is 0 Å². The van der Waals surface area contributed by atoms with Gasteiger partial charge in [0.1, 0.15) is 0 Å². The third-order valence-electron chi connectivity index (χ3n) is 3.05. The van der Waals surface area contributed by atoms with Crippen molar-refractivity contribution in [1.82, 2.24) is 10.4 Å². The van der Waals surface area contributed by atoms with E-state index in [0.717, 1.165) is 39.5 Å². The van der Waals surface area contributed by atoms with Crippen LogP contribution in [0.25, 0.3) is 0 Å². The third-order valence-corrected chi connectivity index (χ3v) is 3.05. The highest BCUT2D eigenvalue weighted by molar-refractivity contribution is 4.88. The second-order valence-electron chi connectivity index (χ2n) is 4.78. The number of ether oxygens (including phenoxy) is 2. The first-order valence-electron chi connectivity index (χ1n) is 5.35. The molecule has 2 heterocycles. The maximum Gasteiger partial charge on any atom is 0.0639 e. The molecular formula is C10H20N2O2. The van der Waals surface area contributed by atoms with E-state index in [9.17, 15) is 0 Å². The number of hydrogen-bond acceptors (Lipinski definition) is 4. The summed E-state index contributed by atoms with van der Waals surface area (Å²) in [6.07, 6.45) is 0. The quantitative estimate of drug-likeness (QED) is 0.693. The van der Waals surface area contributed by atoms with Crippen molar-refractivity contribution in [1.29, 1.82) is 0 Å². The summed E-state index contributed by atoms with van der Waals surface area (Å²) >= 11 is 0. The molecule has 2 aliphatic rings. The molecule has 1 atom stereocenters. The van der Waals surface area contributed by atoms with Crippen LogP contribution in [0.3, 0.4) is 0 Å². The Morgan fingerprint density at radius 1 is 1.21 bits per heavy atom. The highest BCUT2D eigenvalue weighted by Crippen LogP contribution is 2.27. The molecule has 0 amide bonds. The van der Waals surface area contributed by atoms with Gasteiger partial charge in [-0.15, -0.1) is 0 Å². The fraction of sp³-hybridized carbons (Fsp3) is 1.00. The van der Waals surface area contributed by atoms with E-state index in [4.69, 9.17) is 9.47 Å². The van der Waals surface area contributed by atoms with Crippen molar-refractivity contribution in [2.45, 2.75) is 19.9 Å². The highest BCUT2D eigenvalue weighted by Gasteiger charge is 2.36. The normalized spacial score (nSPS) is 33.4. The van der Waals surface area contributed by atoms with Crippen molar-refractivity contribution in [2.24, 2.45) is 5.41 Å². The lowest BCUT2D eigenvalue weighted by Crippen LogP contribution is -2.54. The molecule has 82 valence electrons. The minimum atomic E-state index is 0.248. The van der Waals surface area contributed by atoms with Gasteiger partial charge in [-0.25, -0.2) is 10.4 Å². The third kappa shape index (κ3) is 2.25. The first-order chi connectivity index (χ1) is 6.68. The van der Waals surface area contributed by atoms with Gasteiger partial charge in [0.2, 0.25) is 0 Å². The predicted octanol–water partition coefficient (Wildman–Crippen LogP) is 0.248. The zero-order valence-electron chi connectivity index (χ0n) is 9.08. The summed E-state index contributed by atoms with van der Waals surface area (Å²) in [5.74, 6) is 0. The van der Waals surface area contributed by atoms with Crippen LogP contribution < -0.4 is 5.43 Å². The van der Waals surface area contributed by atoms with Crippen molar-refractivity contribution >= 4 is 0 Å². The number of morpholine rings is 1. The van der Waals surface area contributed by atoms with Gasteiger partial charge in [0.25, 0.3) is 0 Å². The Labute approximate surface area is 85.5 Å². The first kappa shape index (κ1) is 10.4. The van der Waals surface area contributed by atoms with Crippen LogP contribution in [0.5, 0.6) is 0 Å². The van der Waals surface area contributed by atoms with Gasteiger partial charge in [-0.1, -0.05) is 13.8 Å². The molecular weight excluding hydrogens is 180 g/mol. The Morgan fingerprint density at radius 3 is 2.50 bits per heavy atom. The van der Waals surface area contributed by atoms with Gasteiger partial charge in [-0.3, -0.25) is 0 Å². The van der Waals surface area contributed by atoms with E-state index >= 15 is 0 Å². The van der Waals surface area contributed by atoms with E-state index in [2.05, 4.69) is 24.3 Å². The zero-order chi connectivity index (χ0) is 10.0. The lowest BCUT2D eigenvalue weighted by atomic mass is 9.88. The number of hydrazine groups is 1. The molecule has 2 aliphatic heterocycles. The minimum Gasteiger partial charge on any atom is -0.379 e. The molecule has 4 nitrogen and oxygen atoms in total. The summed E-state index contributed by atoms with van der Waals surface area (Å²) in [6, 6.07) is 0.445. The Hall–Kier alpha value is -0.160. The molecule has 0 aliphatic carbocycles.